The van der Waals surface area contributed by atoms with Crippen molar-refractivity contribution >= 4 is 35.5 Å². The van der Waals surface area contributed by atoms with Crippen LogP contribution in [0.1, 0.15) is 52.0 Å². The minimum Gasteiger partial charge on any atom is -0.444 e. The zero-order chi connectivity index (χ0) is 32.1. The van der Waals surface area contributed by atoms with E-state index in [1.807, 2.05) is 46.4 Å². The first-order valence-electron chi connectivity index (χ1n) is 14.2. The number of aryl methyl sites for hydroxylation is 2. The third-order valence-corrected chi connectivity index (χ3v) is 6.59. The van der Waals surface area contributed by atoms with Crippen LogP contribution in [0.5, 0.6) is 0 Å². The van der Waals surface area contributed by atoms with Gasteiger partial charge in [-0.05, 0) is 41.5 Å². The number of aromatic nitrogens is 4. The summed E-state index contributed by atoms with van der Waals surface area (Å²) >= 11 is 0. The highest BCUT2D eigenvalue weighted by molar-refractivity contribution is 5.91. The van der Waals surface area contributed by atoms with Gasteiger partial charge in [0.25, 0.3) is 11.7 Å². The summed E-state index contributed by atoms with van der Waals surface area (Å²) in [6.45, 7) is 23.1. The number of rotatable bonds is 3. The van der Waals surface area contributed by atoms with Crippen molar-refractivity contribution in [2.24, 2.45) is 19.8 Å². The van der Waals surface area contributed by atoms with Gasteiger partial charge in [0.2, 0.25) is 0 Å². The predicted molar refractivity (Wildman–Crippen MR) is 161 cm³/mol. The monoisotopic (exact) mass is 600 g/mol. The average molecular weight is 601 g/mol. The number of hydrogen-bond acceptors (Lipinski definition) is 9. The Morgan fingerprint density at radius 3 is 1.47 bits per heavy atom. The Morgan fingerprint density at radius 1 is 0.744 bits per heavy atom. The van der Waals surface area contributed by atoms with Crippen molar-refractivity contribution in [1.29, 1.82) is 0 Å². The van der Waals surface area contributed by atoms with Crippen molar-refractivity contribution in [3.8, 4) is 0 Å². The molecule has 0 unspecified atom stereocenters. The van der Waals surface area contributed by atoms with E-state index in [9.17, 15) is 14.4 Å². The Kier molecular flexibility index (Phi) is 10.2. The Bertz CT molecular complexity index is 1330. The number of primary amides is 1. The second-order valence-corrected chi connectivity index (χ2v) is 12.4. The van der Waals surface area contributed by atoms with Gasteiger partial charge in [0.1, 0.15) is 16.9 Å². The summed E-state index contributed by atoms with van der Waals surface area (Å²) in [7, 11) is 3.44. The fraction of sp³-hybridized carbons (Fsp3) is 0.643. The molecular weight excluding hydrogens is 556 g/mol. The number of ether oxygens (including phenoxy) is 2. The van der Waals surface area contributed by atoms with Crippen LogP contribution in [0.3, 0.4) is 0 Å². The molecule has 0 aromatic carbocycles. The lowest BCUT2D eigenvalue weighted by Crippen LogP contribution is -2.50. The fourth-order valence-corrected chi connectivity index (χ4v) is 4.43. The van der Waals surface area contributed by atoms with Gasteiger partial charge in [-0.25, -0.2) is 9.59 Å². The second kappa shape index (κ2) is 13.2. The quantitative estimate of drug-likeness (QED) is 0.525. The molecule has 0 aliphatic carbocycles. The van der Waals surface area contributed by atoms with Crippen LogP contribution in [0.25, 0.3) is 4.85 Å². The molecule has 4 heterocycles. The number of anilines is 2. The highest BCUT2D eigenvalue weighted by Crippen LogP contribution is 2.22. The summed E-state index contributed by atoms with van der Waals surface area (Å²) < 4.78 is 13.8. The van der Waals surface area contributed by atoms with Gasteiger partial charge in [0.05, 0.1) is 7.05 Å². The van der Waals surface area contributed by atoms with E-state index in [4.69, 9.17) is 21.8 Å². The molecule has 0 spiro atoms. The Morgan fingerprint density at radius 2 is 1.14 bits per heavy atom. The molecule has 0 radical (unpaired) electrons. The van der Waals surface area contributed by atoms with Crippen molar-refractivity contribution < 1.29 is 23.9 Å². The van der Waals surface area contributed by atoms with E-state index in [0.29, 0.717) is 69.7 Å². The van der Waals surface area contributed by atoms with Crippen LogP contribution in [-0.4, -0.2) is 111 Å². The maximum atomic E-state index is 12.0. The number of carbonyl (C=O) groups excluding carboxylic acids is 3. The molecule has 0 atom stereocenters. The summed E-state index contributed by atoms with van der Waals surface area (Å²) in [6.07, 6.45) is -0.573. The summed E-state index contributed by atoms with van der Waals surface area (Å²) in [5.41, 5.74) is 4.69. The summed E-state index contributed by atoms with van der Waals surface area (Å²) in [6, 6.07) is 3.45. The first-order valence-corrected chi connectivity index (χ1v) is 14.2. The van der Waals surface area contributed by atoms with Gasteiger partial charge in [-0.3, -0.25) is 9.48 Å². The van der Waals surface area contributed by atoms with Gasteiger partial charge in [-0.15, -0.1) is 0 Å². The molecular formula is C28H44N10O5. The predicted octanol–water partition coefficient (Wildman–Crippen LogP) is 2.60. The number of amides is 3. The first-order chi connectivity index (χ1) is 20.0. The molecule has 2 N–H and O–H groups in total. The van der Waals surface area contributed by atoms with E-state index in [-0.39, 0.29) is 12.2 Å². The third kappa shape index (κ3) is 9.25. The van der Waals surface area contributed by atoms with E-state index in [2.05, 4.69) is 19.9 Å². The zero-order valence-electron chi connectivity index (χ0n) is 26.5. The van der Waals surface area contributed by atoms with Gasteiger partial charge in [-0.2, -0.15) is 9.78 Å². The lowest BCUT2D eigenvalue weighted by Gasteiger charge is -2.35. The molecule has 2 saturated heterocycles. The number of nitrogens with two attached hydrogens (primary N) is 1. The second-order valence-electron chi connectivity index (χ2n) is 12.4. The first kappa shape index (κ1) is 33.0. The summed E-state index contributed by atoms with van der Waals surface area (Å²) in [5, 5.41) is 8.62. The molecule has 2 aliphatic rings. The van der Waals surface area contributed by atoms with Crippen LogP contribution in [-0.2, 0) is 23.6 Å². The SMILES string of the molecule is Cn1nc(N2CCN(C(=O)OC(C)(C)C)CC2)cc1C(N)=O.[C-]#[N+]c1cc(N2CCN(C(=O)OC(C)(C)C)CC2)nn1C. The minimum absolute atomic E-state index is 0.273. The van der Waals surface area contributed by atoms with Crippen LogP contribution >= 0.6 is 0 Å². The molecule has 2 fully saturated rings. The van der Waals surface area contributed by atoms with Crippen molar-refractivity contribution in [2.45, 2.75) is 52.7 Å². The number of piperazine rings is 2. The standard InChI is InChI=1S/C14H23N5O3.C14H21N5O2/c1-14(2,3)22-13(21)19-7-5-18(6-8-19)11-9-10(12(15)20)17(4)16-11;1-14(2,3)21-13(20)19-8-6-18(7-9-19)12-10-11(15-4)17(5)16-12/h9H,5-8H2,1-4H3,(H2,15,20);10H,6-9H2,1-3,5H3. The zero-order valence-corrected chi connectivity index (χ0v) is 26.5. The fourth-order valence-electron chi connectivity index (χ4n) is 4.43. The van der Waals surface area contributed by atoms with Crippen LogP contribution < -0.4 is 15.5 Å². The van der Waals surface area contributed by atoms with Crippen molar-refractivity contribution in [3.05, 3.63) is 29.2 Å². The van der Waals surface area contributed by atoms with Crippen LogP contribution in [0.15, 0.2) is 12.1 Å². The summed E-state index contributed by atoms with van der Waals surface area (Å²) in [4.78, 5) is 46.2. The number of nitrogens with zero attached hydrogens (tertiary/aromatic N) is 9. The molecule has 4 rings (SSSR count). The maximum Gasteiger partial charge on any atom is 0.410 e. The van der Waals surface area contributed by atoms with Gasteiger partial charge in [0, 0.05) is 71.5 Å². The van der Waals surface area contributed by atoms with Crippen LogP contribution in [0, 0.1) is 6.57 Å². The number of hydrogen-bond donors (Lipinski definition) is 1. The van der Waals surface area contributed by atoms with E-state index in [1.54, 1.807) is 40.7 Å². The van der Waals surface area contributed by atoms with Crippen molar-refractivity contribution in [1.82, 2.24) is 29.4 Å². The van der Waals surface area contributed by atoms with Gasteiger partial charge >= 0.3 is 12.2 Å². The maximum absolute atomic E-state index is 12.0. The van der Waals surface area contributed by atoms with Gasteiger partial charge in [0.15, 0.2) is 11.6 Å². The molecule has 43 heavy (non-hydrogen) atoms. The summed E-state index contributed by atoms with van der Waals surface area (Å²) in [5.74, 6) is 1.49. The highest BCUT2D eigenvalue weighted by atomic mass is 16.6. The molecule has 2 aromatic heterocycles. The minimum atomic E-state index is -0.506. The van der Waals surface area contributed by atoms with E-state index in [1.165, 1.54) is 4.68 Å². The molecule has 2 aromatic rings. The van der Waals surface area contributed by atoms with Crippen molar-refractivity contribution in [3.63, 3.8) is 0 Å². The molecule has 15 nitrogen and oxygen atoms in total. The molecule has 0 bridgehead atoms. The lowest BCUT2D eigenvalue weighted by molar-refractivity contribution is 0.0230. The van der Waals surface area contributed by atoms with Gasteiger partial charge < -0.3 is 39.7 Å². The lowest BCUT2D eigenvalue weighted by atomic mass is 10.2. The highest BCUT2D eigenvalue weighted by Gasteiger charge is 2.28. The van der Waals surface area contributed by atoms with E-state index in [0.717, 1.165) is 5.82 Å². The van der Waals surface area contributed by atoms with Crippen molar-refractivity contribution in [2.75, 3.05) is 62.2 Å². The van der Waals surface area contributed by atoms with Gasteiger partial charge in [-0.1, -0.05) is 11.7 Å². The van der Waals surface area contributed by atoms with Crippen LogP contribution in [0.2, 0.25) is 0 Å². The van der Waals surface area contributed by atoms with Crippen LogP contribution in [0.4, 0.5) is 27.0 Å². The molecule has 2 aliphatic heterocycles. The van der Waals surface area contributed by atoms with E-state index >= 15 is 0 Å². The molecule has 15 heteroatoms. The number of carbonyl (C=O) groups is 3. The molecule has 236 valence electrons. The Labute approximate surface area is 252 Å². The smallest absolute Gasteiger partial charge is 0.410 e. The Hall–Kier alpha value is -4.48. The topological polar surface area (TPSA) is 149 Å². The third-order valence-electron chi connectivity index (χ3n) is 6.59. The largest absolute Gasteiger partial charge is 0.444 e. The average Bonchev–Trinajstić information content (AvgIpc) is 3.49. The molecule has 0 saturated carbocycles. The normalized spacial score (nSPS) is 15.8. The molecule has 3 amide bonds. The van der Waals surface area contributed by atoms with E-state index < -0.39 is 17.1 Å². The Balaban J connectivity index is 0.000000236.